The summed E-state index contributed by atoms with van der Waals surface area (Å²) in [4.78, 5) is 15.3. The highest BCUT2D eigenvalue weighted by Crippen LogP contribution is 2.52. The summed E-state index contributed by atoms with van der Waals surface area (Å²) in [5, 5.41) is 12.5. The normalized spacial score (nSPS) is 27.1. The van der Waals surface area contributed by atoms with Crippen molar-refractivity contribution >= 4 is 15.9 Å². The number of amides is 1. The van der Waals surface area contributed by atoms with Gasteiger partial charge in [0.05, 0.1) is 16.5 Å². The summed E-state index contributed by atoms with van der Waals surface area (Å²) in [6.45, 7) is 2.46. The maximum Gasteiger partial charge on any atom is 0.243 e. The van der Waals surface area contributed by atoms with E-state index in [9.17, 15) is 18.5 Å². The van der Waals surface area contributed by atoms with Crippen LogP contribution in [0.2, 0.25) is 0 Å². The lowest BCUT2D eigenvalue weighted by Gasteiger charge is -2.32. The topological polar surface area (TPSA) is 120 Å². The Hall–Kier alpha value is -2.77. The number of nitrogens with zero attached hydrogens (tertiary/aromatic N) is 3. The molecule has 4 atom stereocenters. The van der Waals surface area contributed by atoms with Crippen LogP contribution in [0.1, 0.15) is 31.2 Å². The third-order valence-corrected chi connectivity index (χ3v) is 10.2. The van der Waals surface area contributed by atoms with Gasteiger partial charge in [0, 0.05) is 32.6 Å². The molecular weight excluding hydrogens is 486 g/mol. The largest absolute Gasteiger partial charge is 0.338 e. The molecule has 1 heterocycles. The molecule has 5 rings (SSSR count). The molecule has 2 saturated carbocycles. The quantitative estimate of drug-likeness (QED) is 0.577. The lowest BCUT2D eigenvalue weighted by Crippen LogP contribution is -2.57. The van der Waals surface area contributed by atoms with Gasteiger partial charge < -0.3 is 16.0 Å². The molecule has 37 heavy (non-hydrogen) atoms. The second kappa shape index (κ2) is 10.2. The van der Waals surface area contributed by atoms with Crippen molar-refractivity contribution < 1.29 is 13.2 Å². The maximum absolute atomic E-state index is 13.0. The van der Waals surface area contributed by atoms with E-state index in [-0.39, 0.29) is 5.91 Å². The molecule has 3 N–H and O–H groups in total. The zero-order valence-electron chi connectivity index (χ0n) is 21.3. The summed E-state index contributed by atoms with van der Waals surface area (Å²) < 4.78 is 27.5. The van der Waals surface area contributed by atoms with Gasteiger partial charge in [-0.2, -0.15) is 9.57 Å². The molecule has 4 unspecified atom stereocenters. The summed E-state index contributed by atoms with van der Waals surface area (Å²) >= 11 is 0. The highest BCUT2D eigenvalue weighted by molar-refractivity contribution is 7.89. The molecule has 2 aromatic carbocycles. The van der Waals surface area contributed by atoms with Crippen LogP contribution in [0.15, 0.2) is 53.4 Å². The van der Waals surface area contributed by atoms with E-state index in [2.05, 4.69) is 16.3 Å². The summed E-state index contributed by atoms with van der Waals surface area (Å²) in [5.74, 6) is 1.10. The average Bonchev–Trinajstić information content (AvgIpc) is 3.67. The number of nitrogens with one attached hydrogen (secondary N) is 1. The van der Waals surface area contributed by atoms with Gasteiger partial charge in [0.25, 0.3) is 0 Å². The fraction of sp³-hybridized carbons (Fsp3) is 0.500. The Morgan fingerprint density at radius 3 is 2.30 bits per heavy atom. The summed E-state index contributed by atoms with van der Waals surface area (Å²) in [6, 6.07) is 16.3. The molecule has 0 bridgehead atoms. The fourth-order valence-corrected chi connectivity index (χ4v) is 7.05. The number of likely N-dealkylation sites (N-methyl/N-ethyl adjacent to an activating group) is 1. The minimum absolute atomic E-state index is 0.215. The minimum Gasteiger partial charge on any atom is -0.338 e. The van der Waals surface area contributed by atoms with Crippen LogP contribution in [0.4, 0.5) is 0 Å². The van der Waals surface area contributed by atoms with E-state index in [1.54, 1.807) is 16.4 Å². The van der Waals surface area contributed by atoms with Crippen LogP contribution >= 0.6 is 0 Å². The highest BCUT2D eigenvalue weighted by atomic mass is 32.2. The Kier molecular flexibility index (Phi) is 7.12. The van der Waals surface area contributed by atoms with Gasteiger partial charge in [-0.25, -0.2) is 8.42 Å². The monoisotopic (exact) mass is 521 g/mol. The number of carbonyl (C=O) groups is 1. The number of fused-ring (bicyclic) bond motifs is 1. The first-order chi connectivity index (χ1) is 17.7. The first-order valence-corrected chi connectivity index (χ1v) is 14.5. The predicted octanol–water partition coefficient (Wildman–Crippen LogP) is 2.36. The lowest BCUT2D eigenvalue weighted by molar-refractivity contribution is -0.128. The molecule has 9 heteroatoms. The maximum atomic E-state index is 13.0. The van der Waals surface area contributed by atoms with Crippen LogP contribution in [-0.2, 0) is 21.2 Å². The van der Waals surface area contributed by atoms with Crippen molar-refractivity contribution in [1.29, 1.82) is 5.26 Å². The Labute approximate surface area is 219 Å². The number of benzene rings is 2. The van der Waals surface area contributed by atoms with E-state index in [4.69, 9.17) is 5.73 Å². The number of rotatable bonds is 7. The van der Waals surface area contributed by atoms with Gasteiger partial charge in [0.1, 0.15) is 6.04 Å². The number of nitriles is 1. The van der Waals surface area contributed by atoms with E-state index in [1.165, 1.54) is 6.42 Å². The van der Waals surface area contributed by atoms with Crippen molar-refractivity contribution in [3.05, 3.63) is 54.1 Å². The van der Waals surface area contributed by atoms with Crippen LogP contribution in [0.3, 0.4) is 0 Å². The number of piperazine rings is 1. The van der Waals surface area contributed by atoms with Crippen LogP contribution in [-0.4, -0.2) is 68.3 Å². The minimum atomic E-state index is -3.50. The zero-order valence-corrected chi connectivity index (χ0v) is 22.1. The highest BCUT2D eigenvalue weighted by Gasteiger charge is 2.50. The van der Waals surface area contributed by atoms with Crippen molar-refractivity contribution in [2.75, 3.05) is 33.2 Å². The second-order valence-electron chi connectivity index (χ2n) is 10.9. The number of carbonyl (C=O) groups excluding carboxylic acids is 1. The predicted molar refractivity (Wildman–Crippen MR) is 142 cm³/mol. The van der Waals surface area contributed by atoms with Gasteiger partial charge >= 0.3 is 0 Å². The Balaban J connectivity index is 1.20. The smallest absolute Gasteiger partial charge is 0.243 e. The molecule has 2 aliphatic carbocycles. The van der Waals surface area contributed by atoms with Gasteiger partial charge in [-0.15, -0.1) is 0 Å². The van der Waals surface area contributed by atoms with E-state index in [0.29, 0.717) is 43.2 Å². The van der Waals surface area contributed by atoms with Crippen LogP contribution in [0, 0.1) is 23.2 Å². The molecule has 1 aliphatic heterocycles. The average molecular weight is 522 g/mol. The van der Waals surface area contributed by atoms with E-state index < -0.39 is 21.6 Å². The Bertz CT molecular complexity index is 1280. The van der Waals surface area contributed by atoms with Crippen LogP contribution in [0.5, 0.6) is 0 Å². The molecule has 0 spiro atoms. The van der Waals surface area contributed by atoms with Gasteiger partial charge in [-0.1, -0.05) is 36.4 Å². The number of nitrogens with two attached hydrogens (primary N) is 1. The molecule has 3 fully saturated rings. The number of hydrogen-bond acceptors (Lipinski definition) is 6. The fourth-order valence-electron chi connectivity index (χ4n) is 5.63. The van der Waals surface area contributed by atoms with Crippen molar-refractivity contribution in [1.82, 2.24) is 14.5 Å². The Morgan fingerprint density at radius 2 is 1.70 bits per heavy atom. The lowest BCUT2D eigenvalue weighted by atomic mass is 9.81. The molecule has 8 nitrogen and oxygen atoms in total. The molecule has 0 aromatic heterocycles. The molecule has 1 amide bonds. The third kappa shape index (κ3) is 5.58. The SMILES string of the molecule is CN1CCN(S(=O)(=O)c2ccc(-c3ccc(CC(C#N)NC(=O)C4(N)CCC5CC5C4)cc3)cc2)CC1. The van der Waals surface area contributed by atoms with Crippen molar-refractivity contribution in [2.45, 2.75) is 48.6 Å². The van der Waals surface area contributed by atoms with Gasteiger partial charge in [-0.05, 0) is 73.4 Å². The first kappa shape index (κ1) is 25.9. The number of sulfonamides is 1. The van der Waals surface area contributed by atoms with Gasteiger partial charge in [0.2, 0.25) is 15.9 Å². The third-order valence-electron chi connectivity index (χ3n) is 8.25. The summed E-state index contributed by atoms with van der Waals surface area (Å²) in [7, 11) is -1.50. The summed E-state index contributed by atoms with van der Waals surface area (Å²) in [5.41, 5.74) is 8.36. The van der Waals surface area contributed by atoms with Crippen molar-refractivity contribution in [3.8, 4) is 17.2 Å². The first-order valence-electron chi connectivity index (χ1n) is 13.1. The molecular formula is C28H35N5O3S. The second-order valence-corrected chi connectivity index (χ2v) is 12.9. The van der Waals surface area contributed by atoms with E-state index >= 15 is 0 Å². The molecule has 1 saturated heterocycles. The molecule has 0 radical (unpaired) electrons. The zero-order chi connectivity index (χ0) is 26.2. The molecule has 196 valence electrons. The molecule has 3 aliphatic rings. The standard InChI is InChI=1S/C28H35N5O3S/c1-32-12-14-33(15-13-32)37(35,36)26-8-6-22(7-9-26)21-4-2-20(3-5-21)16-25(19-29)31-27(34)28(30)11-10-23-17-24(23)18-28/h2-9,23-25H,10-18,30H2,1H3,(H,31,34). The number of hydrogen-bond donors (Lipinski definition) is 2. The van der Waals surface area contributed by atoms with Crippen molar-refractivity contribution in [2.24, 2.45) is 17.6 Å². The van der Waals surface area contributed by atoms with Crippen molar-refractivity contribution in [3.63, 3.8) is 0 Å². The van der Waals surface area contributed by atoms with Gasteiger partial charge in [0.15, 0.2) is 0 Å². The van der Waals surface area contributed by atoms with E-state index in [1.807, 2.05) is 43.4 Å². The molecule has 2 aromatic rings. The summed E-state index contributed by atoms with van der Waals surface area (Å²) in [6.07, 6.45) is 3.96. The van der Waals surface area contributed by atoms with E-state index in [0.717, 1.165) is 42.1 Å². The Morgan fingerprint density at radius 1 is 1.08 bits per heavy atom. The van der Waals surface area contributed by atoms with Crippen LogP contribution in [0.25, 0.3) is 11.1 Å². The van der Waals surface area contributed by atoms with Gasteiger partial charge in [-0.3, -0.25) is 4.79 Å². The van der Waals surface area contributed by atoms with Crippen LogP contribution < -0.4 is 11.1 Å².